The number of unbranched alkanes of at least 4 members (excludes halogenated alkanes) is 1. The first kappa shape index (κ1) is 13.9. The van der Waals surface area contributed by atoms with Gasteiger partial charge in [-0.1, -0.05) is 20.3 Å². The summed E-state index contributed by atoms with van der Waals surface area (Å²) in [6.07, 6.45) is 2.63. The molecule has 2 rings (SSSR count). The standard InChI is InChI=1S/C12H17ClN4O2/c1-3-5-7-17-9-8(10(18)15-12(17)19)16(6-4-2)11(13)14-9/h3-7H2,1-2H3,(H,15,18,19). The van der Waals surface area contributed by atoms with Crippen molar-refractivity contribution in [2.75, 3.05) is 0 Å². The number of halogens is 1. The minimum atomic E-state index is -0.430. The van der Waals surface area contributed by atoms with Gasteiger partial charge in [0.2, 0.25) is 5.28 Å². The molecule has 2 aromatic rings. The predicted molar refractivity (Wildman–Crippen MR) is 74.8 cm³/mol. The lowest BCUT2D eigenvalue weighted by Gasteiger charge is -2.06. The number of aromatic nitrogens is 4. The Morgan fingerprint density at radius 3 is 2.53 bits per heavy atom. The van der Waals surface area contributed by atoms with Crippen LogP contribution in [0.1, 0.15) is 33.1 Å². The molecule has 104 valence electrons. The molecule has 0 unspecified atom stereocenters. The largest absolute Gasteiger partial charge is 0.330 e. The van der Waals surface area contributed by atoms with Crippen LogP contribution in [0.25, 0.3) is 11.2 Å². The van der Waals surface area contributed by atoms with E-state index in [0.29, 0.717) is 24.3 Å². The van der Waals surface area contributed by atoms with E-state index in [1.165, 1.54) is 4.57 Å². The Hall–Kier alpha value is -1.56. The molecule has 0 spiro atoms. The van der Waals surface area contributed by atoms with Crippen molar-refractivity contribution >= 4 is 22.8 Å². The van der Waals surface area contributed by atoms with Gasteiger partial charge >= 0.3 is 5.69 Å². The summed E-state index contributed by atoms with van der Waals surface area (Å²) in [5, 5.41) is 0.248. The van der Waals surface area contributed by atoms with Crippen LogP contribution in [0.3, 0.4) is 0 Å². The van der Waals surface area contributed by atoms with Crippen molar-refractivity contribution < 1.29 is 0 Å². The van der Waals surface area contributed by atoms with E-state index in [2.05, 4.69) is 9.97 Å². The number of nitrogens with one attached hydrogen (secondary N) is 1. The fourth-order valence-electron chi connectivity index (χ4n) is 2.10. The summed E-state index contributed by atoms with van der Waals surface area (Å²) in [5.41, 5.74) is -0.104. The number of aryl methyl sites for hydroxylation is 2. The molecule has 7 heteroatoms. The first-order chi connectivity index (χ1) is 9.10. The van der Waals surface area contributed by atoms with Crippen LogP contribution in [0.2, 0.25) is 5.28 Å². The van der Waals surface area contributed by atoms with E-state index < -0.39 is 11.2 Å². The molecule has 0 bridgehead atoms. The molecule has 0 radical (unpaired) electrons. The van der Waals surface area contributed by atoms with E-state index in [9.17, 15) is 9.59 Å². The number of hydrogen-bond donors (Lipinski definition) is 1. The summed E-state index contributed by atoms with van der Waals surface area (Å²) in [6.45, 7) is 5.16. The Bertz CT molecular complexity index is 698. The molecular formula is C12H17ClN4O2. The number of H-pyrrole nitrogens is 1. The van der Waals surface area contributed by atoms with Crippen molar-refractivity contribution in [3.8, 4) is 0 Å². The molecule has 0 amide bonds. The number of nitrogens with zero attached hydrogens (tertiary/aromatic N) is 3. The van der Waals surface area contributed by atoms with Gasteiger partial charge in [-0.2, -0.15) is 4.98 Å². The SMILES string of the molecule is CCCCn1c(=O)[nH]c(=O)c2c1nc(Cl)n2CCC. The molecule has 19 heavy (non-hydrogen) atoms. The maximum absolute atomic E-state index is 11.9. The smallest absolute Gasteiger partial charge is 0.309 e. The van der Waals surface area contributed by atoms with Gasteiger partial charge in [0.05, 0.1) is 0 Å². The second-order valence-corrected chi connectivity index (χ2v) is 4.81. The Labute approximate surface area is 115 Å². The zero-order valence-electron chi connectivity index (χ0n) is 11.1. The van der Waals surface area contributed by atoms with Gasteiger partial charge in [0.1, 0.15) is 0 Å². The quantitative estimate of drug-likeness (QED) is 0.850. The van der Waals surface area contributed by atoms with Gasteiger partial charge in [-0.3, -0.25) is 14.3 Å². The number of fused-ring (bicyclic) bond motifs is 1. The van der Waals surface area contributed by atoms with Crippen LogP contribution in [0.15, 0.2) is 9.59 Å². The van der Waals surface area contributed by atoms with Crippen LogP contribution in [0, 0.1) is 0 Å². The van der Waals surface area contributed by atoms with E-state index >= 15 is 0 Å². The van der Waals surface area contributed by atoms with Crippen LogP contribution >= 0.6 is 11.6 Å². The van der Waals surface area contributed by atoms with E-state index in [-0.39, 0.29) is 5.28 Å². The maximum Gasteiger partial charge on any atom is 0.330 e. The topological polar surface area (TPSA) is 72.7 Å². The highest BCUT2D eigenvalue weighted by Crippen LogP contribution is 2.16. The number of hydrogen-bond acceptors (Lipinski definition) is 3. The lowest BCUT2D eigenvalue weighted by molar-refractivity contribution is 0.612. The van der Waals surface area contributed by atoms with Crippen molar-refractivity contribution in [3.63, 3.8) is 0 Å². The zero-order valence-corrected chi connectivity index (χ0v) is 11.8. The summed E-state index contributed by atoms with van der Waals surface area (Å²) < 4.78 is 3.13. The fourth-order valence-corrected chi connectivity index (χ4v) is 2.35. The van der Waals surface area contributed by atoms with Crippen LogP contribution in [0.5, 0.6) is 0 Å². The van der Waals surface area contributed by atoms with E-state index in [4.69, 9.17) is 11.6 Å². The Morgan fingerprint density at radius 1 is 1.16 bits per heavy atom. The molecule has 0 saturated heterocycles. The Morgan fingerprint density at radius 2 is 1.89 bits per heavy atom. The molecule has 0 aliphatic rings. The highest BCUT2D eigenvalue weighted by molar-refractivity contribution is 6.29. The van der Waals surface area contributed by atoms with E-state index in [1.54, 1.807) is 4.57 Å². The Kier molecular flexibility index (Phi) is 4.09. The van der Waals surface area contributed by atoms with Gasteiger partial charge in [0.25, 0.3) is 5.56 Å². The first-order valence-electron chi connectivity index (χ1n) is 6.49. The first-order valence-corrected chi connectivity index (χ1v) is 6.86. The summed E-state index contributed by atoms with van der Waals surface area (Å²) in [5.74, 6) is 0. The highest BCUT2D eigenvalue weighted by atomic mass is 35.5. The molecule has 0 aromatic carbocycles. The zero-order chi connectivity index (χ0) is 14.0. The minimum absolute atomic E-state index is 0.248. The molecule has 0 aliphatic heterocycles. The van der Waals surface area contributed by atoms with Crippen LogP contribution in [-0.2, 0) is 13.1 Å². The average Bonchev–Trinajstić information content (AvgIpc) is 2.67. The minimum Gasteiger partial charge on any atom is -0.309 e. The van der Waals surface area contributed by atoms with Crippen LogP contribution in [-0.4, -0.2) is 19.1 Å². The summed E-state index contributed by atoms with van der Waals surface area (Å²) in [4.78, 5) is 30.3. The molecule has 0 saturated carbocycles. The molecule has 0 atom stereocenters. The third-order valence-electron chi connectivity index (χ3n) is 3.02. The molecular weight excluding hydrogens is 268 g/mol. The van der Waals surface area contributed by atoms with E-state index in [0.717, 1.165) is 19.3 Å². The summed E-state index contributed by atoms with van der Waals surface area (Å²) in [7, 11) is 0. The van der Waals surface area contributed by atoms with Crippen molar-refractivity contribution in [3.05, 3.63) is 26.1 Å². The highest BCUT2D eigenvalue weighted by Gasteiger charge is 2.16. The van der Waals surface area contributed by atoms with Gasteiger partial charge in [0.15, 0.2) is 11.2 Å². The van der Waals surface area contributed by atoms with Gasteiger partial charge in [-0.25, -0.2) is 4.79 Å². The van der Waals surface area contributed by atoms with Gasteiger partial charge in [-0.05, 0) is 24.4 Å². The molecule has 1 N–H and O–H groups in total. The third-order valence-corrected chi connectivity index (χ3v) is 3.31. The second-order valence-electron chi connectivity index (χ2n) is 4.47. The van der Waals surface area contributed by atoms with Crippen LogP contribution in [0.4, 0.5) is 0 Å². The second kappa shape index (κ2) is 5.61. The average molecular weight is 285 g/mol. The summed E-state index contributed by atoms with van der Waals surface area (Å²) >= 11 is 6.06. The van der Waals surface area contributed by atoms with Crippen molar-refractivity contribution in [1.29, 1.82) is 0 Å². The van der Waals surface area contributed by atoms with Gasteiger partial charge in [-0.15, -0.1) is 0 Å². The number of rotatable bonds is 5. The molecule has 0 fully saturated rings. The van der Waals surface area contributed by atoms with E-state index in [1.807, 2.05) is 13.8 Å². The lowest BCUT2D eigenvalue weighted by atomic mass is 10.3. The molecule has 6 nitrogen and oxygen atoms in total. The normalized spacial score (nSPS) is 11.3. The molecule has 0 aliphatic carbocycles. The van der Waals surface area contributed by atoms with Crippen molar-refractivity contribution in [2.24, 2.45) is 0 Å². The molecule has 2 heterocycles. The van der Waals surface area contributed by atoms with Crippen molar-refractivity contribution in [1.82, 2.24) is 19.1 Å². The summed E-state index contributed by atoms with van der Waals surface area (Å²) in [6, 6.07) is 0. The lowest BCUT2D eigenvalue weighted by Crippen LogP contribution is -2.31. The third kappa shape index (κ3) is 2.45. The maximum atomic E-state index is 11.9. The number of imidazole rings is 1. The Balaban J connectivity index is 2.73. The van der Waals surface area contributed by atoms with Crippen molar-refractivity contribution in [2.45, 2.75) is 46.2 Å². The number of aromatic amines is 1. The molecule has 2 aromatic heterocycles. The van der Waals surface area contributed by atoms with Gasteiger partial charge < -0.3 is 4.57 Å². The fraction of sp³-hybridized carbons (Fsp3) is 0.583. The predicted octanol–water partition coefficient (Wildman–Crippen LogP) is 1.75. The van der Waals surface area contributed by atoms with Crippen LogP contribution < -0.4 is 11.2 Å². The monoisotopic (exact) mass is 284 g/mol. The van der Waals surface area contributed by atoms with Gasteiger partial charge in [0, 0.05) is 13.1 Å².